The molecule has 0 radical (unpaired) electrons. The third kappa shape index (κ3) is 1.63. The van der Waals surface area contributed by atoms with Gasteiger partial charge in [0.2, 0.25) is 0 Å². The Morgan fingerprint density at radius 2 is 2.27 bits per heavy atom. The predicted octanol–water partition coefficient (Wildman–Crippen LogP) is 1.20. The minimum absolute atomic E-state index is 0.0164. The SMILES string of the molecule is CCN1CCc2c(CO)cccc2C1=O. The van der Waals surface area contributed by atoms with Crippen LogP contribution in [-0.4, -0.2) is 29.0 Å². The third-order valence-corrected chi connectivity index (χ3v) is 2.97. The Balaban J connectivity index is 2.45. The van der Waals surface area contributed by atoms with Crippen molar-refractivity contribution in [3.63, 3.8) is 0 Å². The number of likely N-dealkylation sites (N-methyl/N-ethyl adjacent to an activating group) is 1. The van der Waals surface area contributed by atoms with Crippen LogP contribution in [-0.2, 0) is 13.0 Å². The number of hydrogen-bond donors (Lipinski definition) is 1. The van der Waals surface area contributed by atoms with Gasteiger partial charge < -0.3 is 10.0 Å². The van der Waals surface area contributed by atoms with Crippen molar-refractivity contribution in [2.75, 3.05) is 13.1 Å². The van der Waals surface area contributed by atoms with Gasteiger partial charge in [0.1, 0.15) is 0 Å². The first-order valence-corrected chi connectivity index (χ1v) is 5.28. The number of amides is 1. The summed E-state index contributed by atoms with van der Waals surface area (Å²) in [6.45, 7) is 3.52. The zero-order chi connectivity index (χ0) is 10.8. The van der Waals surface area contributed by atoms with Crippen LogP contribution in [0.4, 0.5) is 0 Å². The van der Waals surface area contributed by atoms with E-state index in [9.17, 15) is 9.90 Å². The van der Waals surface area contributed by atoms with Crippen molar-refractivity contribution in [3.05, 3.63) is 34.9 Å². The lowest BCUT2D eigenvalue weighted by Gasteiger charge is -2.28. The minimum atomic E-state index is 0.0164. The number of aliphatic hydroxyl groups excluding tert-OH is 1. The molecular weight excluding hydrogens is 190 g/mol. The van der Waals surface area contributed by atoms with Gasteiger partial charge in [-0.1, -0.05) is 12.1 Å². The van der Waals surface area contributed by atoms with Gasteiger partial charge in [-0.25, -0.2) is 0 Å². The highest BCUT2D eigenvalue weighted by molar-refractivity contribution is 5.97. The molecule has 0 bridgehead atoms. The molecule has 0 spiro atoms. The molecule has 0 aliphatic carbocycles. The summed E-state index contributed by atoms with van der Waals surface area (Å²) in [6, 6.07) is 5.56. The standard InChI is InChI=1S/C12H15NO2/c1-2-13-7-6-10-9(8-14)4-3-5-11(10)12(13)15/h3-5,14H,2,6-8H2,1H3. The molecule has 1 aromatic rings. The molecule has 0 unspecified atom stereocenters. The Labute approximate surface area is 89.3 Å². The van der Waals surface area contributed by atoms with Gasteiger partial charge in [-0.2, -0.15) is 0 Å². The number of nitrogens with zero attached hydrogens (tertiary/aromatic N) is 1. The molecular formula is C12H15NO2. The number of fused-ring (bicyclic) bond motifs is 1. The van der Waals surface area contributed by atoms with E-state index in [4.69, 9.17) is 0 Å². The summed E-state index contributed by atoms with van der Waals surface area (Å²) in [6.07, 6.45) is 0.853. The third-order valence-electron chi connectivity index (χ3n) is 2.97. The van der Waals surface area contributed by atoms with E-state index < -0.39 is 0 Å². The molecule has 2 rings (SSSR count). The molecule has 0 atom stereocenters. The summed E-state index contributed by atoms with van der Waals surface area (Å²) in [4.78, 5) is 13.8. The highest BCUT2D eigenvalue weighted by Crippen LogP contribution is 2.22. The summed E-state index contributed by atoms with van der Waals surface area (Å²) < 4.78 is 0. The average molecular weight is 205 g/mol. The van der Waals surface area contributed by atoms with Gasteiger partial charge in [0.25, 0.3) is 5.91 Å². The maximum Gasteiger partial charge on any atom is 0.254 e. The van der Waals surface area contributed by atoms with E-state index in [2.05, 4.69) is 0 Å². The Hall–Kier alpha value is -1.35. The molecule has 3 heteroatoms. The molecule has 1 N–H and O–H groups in total. The number of rotatable bonds is 2. The van der Waals surface area contributed by atoms with E-state index in [1.807, 2.05) is 30.0 Å². The number of carbonyl (C=O) groups is 1. The van der Waals surface area contributed by atoms with Crippen LogP contribution in [0.5, 0.6) is 0 Å². The topological polar surface area (TPSA) is 40.5 Å². The number of benzene rings is 1. The lowest BCUT2D eigenvalue weighted by Crippen LogP contribution is -2.37. The van der Waals surface area contributed by atoms with Crippen molar-refractivity contribution in [3.8, 4) is 0 Å². The van der Waals surface area contributed by atoms with E-state index in [0.717, 1.165) is 36.2 Å². The Bertz CT molecular complexity index is 387. The molecule has 0 saturated carbocycles. The van der Waals surface area contributed by atoms with E-state index >= 15 is 0 Å². The first-order valence-electron chi connectivity index (χ1n) is 5.28. The Morgan fingerprint density at radius 1 is 1.47 bits per heavy atom. The molecule has 15 heavy (non-hydrogen) atoms. The van der Waals surface area contributed by atoms with Crippen LogP contribution in [0.15, 0.2) is 18.2 Å². The number of carbonyl (C=O) groups excluding carboxylic acids is 1. The van der Waals surface area contributed by atoms with Gasteiger partial charge in [0.05, 0.1) is 6.61 Å². The number of hydrogen-bond acceptors (Lipinski definition) is 2. The quantitative estimate of drug-likeness (QED) is 0.788. The molecule has 80 valence electrons. The highest BCUT2D eigenvalue weighted by atomic mass is 16.3. The normalized spacial score (nSPS) is 15.3. The molecule has 0 saturated heterocycles. The molecule has 3 nitrogen and oxygen atoms in total. The van der Waals surface area contributed by atoms with Gasteiger partial charge in [-0.3, -0.25) is 4.79 Å². The monoisotopic (exact) mass is 205 g/mol. The van der Waals surface area contributed by atoms with Crippen molar-refractivity contribution in [1.29, 1.82) is 0 Å². The van der Waals surface area contributed by atoms with Crippen molar-refractivity contribution < 1.29 is 9.90 Å². The summed E-state index contributed by atoms with van der Waals surface area (Å²) in [5.41, 5.74) is 2.67. The van der Waals surface area contributed by atoms with Gasteiger partial charge in [-0.05, 0) is 30.5 Å². The summed E-state index contributed by atoms with van der Waals surface area (Å²) in [5.74, 6) is 0.0917. The average Bonchev–Trinajstić information content (AvgIpc) is 2.29. The fraction of sp³-hybridized carbons (Fsp3) is 0.417. The second-order valence-electron chi connectivity index (χ2n) is 3.74. The Kier molecular flexibility index (Phi) is 2.73. The first-order chi connectivity index (χ1) is 7.27. The summed E-state index contributed by atoms with van der Waals surface area (Å²) in [7, 11) is 0. The van der Waals surface area contributed by atoms with Gasteiger partial charge in [0, 0.05) is 18.7 Å². The van der Waals surface area contributed by atoms with E-state index in [1.165, 1.54) is 0 Å². The van der Waals surface area contributed by atoms with Crippen LogP contribution in [0.1, 0.15) is 28.4 Å². The van der Waals surface area contributed by atoms with Gasteiger partial charge in [0.15, 0.2) is 0 Å². The molecule has 1 amide bonds. The maximum absolute atomic E-state index is 12.0. The maximum atomic E-state index is 12.0. The van der Waals surface area contributed by atoms with Crippen LogP contribution < -0.4 is 0 Å². The van der Waals surface area contributed by atoms with E-state index in [0.29, 0.717) is 0 Å². The smallest absolute Gasteiger partial charge is 0.254 e. The summed E-state index contributed by atoms with van der Waals surface area (Å²) >= 11 is 0. The van der Waals surface area contributed by atoms with Crippen LogP contribution >= 0.6 is 0 Å². The van der Waals surface area contributed by atoms with Crippen molar-refractivity contribution in [2.45, 2.75) is 20.0 Å². The lowest BCUT2D eigenvalue weighted by molar-refractivity contribution is 0.0748. The van der Waals surface area contributed by atoms with Crippen LogP contribution in [0.2, 0.25) is 0 Å². The zero-order valence-corrected chi connectivity index (χ0v) is 8.86. The molecule has 1 aliphatic heterocycles. The molecule has 1 heterocycles. The molecule has 1 aliphatic rings. The minimum Gasteiger partial charge on any atom is -0.392 e. The van der Waals surface area contributed by atoms with Crippen molar-refractivity contribution >= 4 is 5.91 Å². The summed E-state index contributed by atoms with van der Waals surface area (Å²) in [5, 5.41) is 9.18. The highest BCUT2D eigenvalue weighted by Gasteiger charge is 2.24. The molecule has 0 fully saturated rings. The zero-order valence-electron chi connectivity index (χ0n) is 8.86. The largest absolute Gasteiger partial charge is 0.392 e. The van der Waals surface area contributed by atoms with Gasteiger partial charge in [-0.15, -0.1) is 0 Å². The number of aliphatic hydroxyl groups is 1. The predicted molar refractivity (Wildman–Crippen MR) is 57.6 cm³/mol. The van der Waals surface area contributed by atoms with Crippen LogP contribution in [0.3, 0.4) is 0 Å². The second kappa shape index (κ2) is 4.03. The molecule has 0 aromatic heterocycles. The lowest BCUT2D eigenvalue weighted by atomic mass is 9.94. The fourth-order valence-electron chi connectivity index (χ4n) is 2.10. The van der Waals surface area contributed by atoms with Crippen LogP contribution in [0.25, 0.3) is 0 Å². The van der Waals surface area contributed by atoms with Crippen molar-refractivity contribution in [1.82, 2.24) is 4.90 Å². The molecule has 1 aromatic carbocycles. The fourth-order valence-corrected chi connectivity index (χ4v) is 2.10. The van der Waals surface area contributed by atoms with Gasteiger partial charge >= 0.3 is 0 Å². The van der Waals surface area contributed by atoms with Crippen LogP contribution in [0, 0.1) is 0 Å². The van der Waals surface area contributed by atoms with Crippen molar-refractivity contribution in [2.24, 2.45) is 0 Å². The Morgan fingerprint density at radius 3 is 2.93 bits per heavy atom. The second-order valence-corrected chi connectivity index (χ2v) is 3.74. The first kappa shape index (κ1) is 10.2. The van der Waals surface area contributed by atoms with E-state index in [-0.39, 0.29) is 12.5 Å². The van der Waals surface area contributed by atoms with E-state index in [1.54, 1.807) is 0 Å².